The number of benzene rings is 2. The lowest BCUT2D eigenvalue weighted by molar-refractivity contribution is 0.0706. The summed E-state index contributed by atoms with van der Waals surface area (Å²) >= 11 is 0. The largest absolute Gasteiger partial charge is 0.338 e. The van der Waals surface area contributed by atoms with Gasteiger partial charge in [-0.05, 0) is 55.3 Å². The molecule has 1 aliphatic rings. The topological polar surface area (TPSA) is 49.0 Å². The summed E-state index contributed by atoms with van der Waals surface area (Å²) in [5.41, 5.74) is 1.87. The number of H-pyrrole nitrogens is 1. The van der Waals surface area contributed by atoms with Crippen LogP contribution in [0.5, 0.6) is 0 Å². The van der Waals surface area contributed by atoms with Crippen LogP contribution in [0.3, 0.4) is 0 Å². The highest BCUT2D eigenvalue weighted by Crippen LogP contribution is 2.30. The monoisotopic (exact) mass is 385 g/mol. The molecular weight excluding hydrogens is 367 g/mol. The van der Waals surface area contributed by atoms with E-state index in [9.17, 15) is 18.0 Å². The van der Waals surface area contributed by atoms with E-state index in [-0.39, 0.29) is 23.2 Å². The van der Waals surface area contributed by atoms with Crippen molar-refractivity contribution in [2.24, 2.45) is 0 Å². The minimum absolute atomic E-state index is 0.0305. The van der Waals surface area contributed by atoms with Crippen LogP contribution in [0, 0.1) is 17.5 Å². The Bertz CT molecular complexity index is 1000. The molecule has 1 fully saturated rings. The van der Waals surface area contributed by atoms with Gasteiger partial charge in [0.1, 0.15) is 17.5 Å². The lowest BCUT2D eigenvalue weighted by Crippen LogP contribution is -2.39. The summed E-state index contributed by atoms with van der Waals surface area (Å²) in [5.74, 6) is -1.81. The minimum atomic E-state index is -0.671. The molecule has 28 heavy (non-hydrogen) atoms. The molecule has 0 unspecified atom stereocenters. The van der Waals surface area contributed by atoms with Gasteiger partial charge in [-0.25, -0.2) is 13.2 Å². The average molecular weight is 385 g/mol. The summed E-state index contributed by atoms with van der Waals surface area (Å²) < 4.78 is 40.2. The molecule has 144 valence electrons. The van der Waals surface area contributed by atoms with Crippen molar-refractivity contribution in [2.75, 3.05) is 13.1 Å². The third kappa shape index (κ3) is 3.65. The van der Waals surface area contributed by atoms with Gasteiger partial charge in [0.05, 0.1) is 5.69 Å². The van der Waals surface area contributed by atoms with Gasteiger partial charge in [0.2, 0.25) is 0 Å². The van der Waals surface area contributed by atoms with E-state index >= 15 is 0 Å². The first-order valence-corrected chi connectivity index (χ1v) is 9.07. The van der Waals surface area contributed by atoms with E-state index in [4.69, 9.17) is 0 Å². The van der Waals surface area contributed by atoms with E-state index in [2.05, 4.69) is 10.2 Å². The van der Waals surface area contributed by atoms with Crippen LogP contribution in [0.2, 0.25) is 0 Å². The summed E-state index contributed by atoms with van der Waals surface area (Å²) in [5, 5.41) is 7.08. The molecule has 0 spiro atoms. The summed E-state index contributed by atoms with van der Waals surface area (Å²) in [6.45, 7) is 1.12. The van der Waals surface area contributed by atoms with Gasteiger partial charge < -0.3 is 4.90 Å². The number of nitrogens with one attached hydrogen (secondary N) is 1. The number of nitrogens with zero attached hydrogens (tertiary/aromatic N) is 2. The second-order valence-electron chi connectivity index (χ2n) is 6.93. The molecule has 0 bridgehead atoms. The summed E-state index contributed by atoms with van der Waals surface area (Å²) in [6, 6.07) is 10.6. The zero-order chi connectivity index (χ0) is 19.7. The van der Waals surface area contributed by atoms with E-state index in [1.54, 1.807) is 11.0 Å². The Morgan fingerprint density at radius 3 is 2.54 bits per heavy atom. The van der Waals surface area contributed by atoms with Crippen molar-refractivity contribution in [3.8, 4) is 11.3 Å². The maximum Gasteiger partial charge on any atom is 0.253 e. The standard InChI is InChI=1S/C21H18F3N3O/c22-15-5-3-13(4-6-15)21(28)27-9-1-2-14(12-27)19-11-20(26-25-19)17-8-7-16(23)10-18(17)24/h3-8,10-11,14H,1-2,9,12H2,(H,25,26)/t14-/m0/s1. The Balaban J connectivity index is 1.51. The van der Waals surface area contributed by atoms with E-state index in [1.165, 1.54) is 36.4 Å². The Labute approximate surface area is 160 Å². The second kappa shape index (κ2) is 7.50. The average Bonchev–Trinajstić information content (AvgIpc) is 3.18. The van der Waals surface area contributed by atoms with Crippen molar-refractivity contribution in [3.05, 3.63) is 77.2 Å². The van der Waals surface area contributed by atoms with Crippen LogP contribution in [0.15, 0.2) is 48.5 Å². The fraction of sp³-hybridized carbons (Fsp3) is 0.238. The Morgan fingerprint density at radius 1 is 1.04 bits per heavy atom. The summed E-state index contributed by atoms with van der Waals surface area (Å²) in [7, 11) is 0. The molecule has 4 rings (SSSR count). The number of rotatable bonds is 3. The fourth-order valence-corrected chi connectivity index (χ4v) is 3.57. The van der Waals surface area contributed by atoms with Gasteiger partial charge in [-0.2, -0.15) is 5.10 Å². The predicted molar refractivity (Wildman–Crippen MR) is 98.2 cm³/mol. The zero-order valence-electron chi connectivity index (χ0n) is 15.0. The smallest absolute Gasteiger partial charge is 0.253 e. The SMILES string of the molecule is O=C(c1ccc(F)cc1)N1CCC[C@H](c2cc(-c3ccc(F)cc3F)n[nH]2)C1. The van der Waals surface area contributed by atoms with Crippen LogP contribution in [-0.2, 0) is 0 Å². The number of hydrogen-bond donors (Lipinski definition) is 1. The van der Waals surface area contributed by atoms with Crippen molar-refractivity contribution < 1.29 is 18.0 Å². The van der Waals surface area contributed by atoms with Gasteiger partial charge >= 0.3 is 0 Å². The maximum atomic E-state index is 14.0. The molecule has 1 aliphatic heterocycles. The number of carbonyl (C=O) groups is 1. The van der Waals surface area contributed by atoms with Gasteiger partial charge in [-0.3, -0.25) is 9.89 Å². The van der Waals surface area contributed by atoms with E-state index in [0.717, 1.165) is 24.6 Å². The van der Waals surface area contributed by atoms with Gasteiger partial charge in [0.15, 0.2) is 0 Å². The zero-order valence-corrected chi connectivity index (χ0v) is 15.0. The normalized spacial score (nSPS) is 17.0. The summed E-state index contributed by atoms with van der Waals surface area (Å²) in [4.78, 5) is 14.4. The third-order valence-electron chi connectivity index (χ3n) is 5.04. The molecule has 0 saturated carbocycles. The first-order chi connectivity index (χ1) is 13.5. The van der Waals surface area contributed by atoms with Crippen LogP contribution < -0.4 is 0 Å². The first-order valence-electron chi connectivity index (χ1n) is 9.07. The maximum absolute atomic E-state index is 14.0. The van der Waals surface area contributed by atoms with Gasteiger partial charge in [0.25, 0.3) is 5.91 Å². The van der Waals surface area contributed by atoms with E-state index < -0.39 is 11.6 Å². The van der Waals surface area contributed by atoms with E-state index in [0.29, 0.717) is 24.3 Å². The number of aromatic amines is 1. The Morgan fingerprint density at radius 2 is 1.79 bits per heavy atom. The molecule has 1 N–H and O–H groups in total. The number of aromatic nitrogens is 2. The Hall–Kier alpha value is -3.09. The molecule has 1 aromatic heterocycles. The van der Waals surface area contributed by atoms with Gasteiger partial charge in [-0.15, -0.1) is 0 Å². The molecule has 0 radical (unpaired) electrons. The predicted octanol–water partition coefficient (Wildman–Crippen LogP) is 4.51. The minimum Gasteiger partial charge on any atom is -0.338 e. The summed E-state index contributed by atoms with van der Waals surface area (Å²) in [6.07, 6.45) is 1.68. The van der Waals surface area contributed by atoms with Crippen molar-refractivity contribution in [1.82, 2.24) is 15.1 Å². The lowest BCUT2D eigenvalue weighted by atomic mass is 9.93. The van der Waals surface area contributed by atoms with Crippen molar-refractivity contribution >= 4 is 5.91 Å². The fourth-order valence-electron chi connectivity index (χ4n) is 3.57. The molecule has 2 heterocycles. The van der Waals surface area contributed by atoms with Crippen LogP contribution in [0.4, 0.5) is 13.2 Å². The third-order valence-corrected chi connectivity index (χ3v) is 5.04. The number of halogens is 3. The first kappa shape index (κ1) is 18.3. The lowest BCUT2D eigenvalue weighted by Gasteiger charge is -2.32. The van der Waals surface area contributed by atoms with Crippen LogP contribution >= 0.6 is 0 Å². The highest BCUT2D eigenvalue weighted by atomic mass is 19.1. The quantitative estimate of drug-likeness (QED) is 0.721. The van der Waals surface area contributed by atoms with Gasteiger partial charge in [0, 0.05) is 41.9 Å². The van der Waals surface area contributed by atoms with Crippen molar-refractivity contribution in [3.63, 3.8) is 0 Å². The van der Waals surface area contributed by atoms with Crippen molar-refractivity contribution in [1.29, 1.82) is 0 Å². The van der Waals surface area contributed by atoms with Crippen molar-refractivity contribution in [2.45, 2.75) is 18.8 Å². The molecule has 0 aliphatic carbocycles. The number of carbonyl (C=O) groups excluding carboxylic acids is 1. The molecule has 7 heteroatoms. The van der Waals surface area contributed by atoms with E-state index in [1.807, 2.05) is 0 Å². The van der Waals surface area contributed by atoms with Crippen LogP contribution in [0.1, 0.15) is 34.8 Å². The number of hydrogen-bond acceptors (Lipinski definition) is 2. The molecule has 1 amide bonds. The van der Waals surface area contributed by atoms with Gasteiger partial charge in [-0.1, -0.05) is 0 Å². The molecule has 1 atom stereocenters. The molecule has 2 aromatic carbocycles. The second-order valence-corrected chi connectivity index (χ2v) is 6.93. The number of likely N-dealkylation sites (tertiary alicyclic amines) is 1. The molecule has 4 nitrogen and oxygen atoms in total. The highest BCUT2D eigenvalue weighted by Gasteiger charge is 2.27. The highest BCUT2D eigenvalue weighted by molar-refractivity contribution is 5.94. The number of piperidine rings is 1. The molecule has 1 saturated heterocycles. The Kier molecular flexibility index (Phi) is 4.90. The number of amides is 1. The van der Waals surface area contributed by atoms with Crippen LogP contribution in [-0.4, -0.2) is 34.1 Å². The molecular formula is C21H18F3N3O. The molecule has 3 aromatic rings. The van der Waals surface area contributed by atoms with Crippen LogP contribution in [0.25, 0.3) is 11.3 Å².